The molecule has 0 spiro atoms. The summed E-state index contributed by atoms with van der Waals surface area (Å²) >= 11 is 0. The van der Waals surface area contributed by atoms with E-state index in [-0.39, 0.29) is 5.92 Å². The molecule has 0 aromatic carbocycles. The fourth-order valence-corrected chi connectivity index (χ4v) is 2.86. The molecule has 128 valence electrons. The van der Waals surface area contributed by atoms with E-state index >= 15 is 0 Å². The second kappa shape index (κ2) is 6.19. The van der Waals surface area contributed by atoms with Crippen molar-refractivity contribution in [2.24, 2.45) is 7.05 Å². The van der Waals surface area contributed by atoms with Gasteiger partial charge in [0.05, 0.1) is 6.54 Å². The Hall–Kier alpha value is -2.90. The van der Waals surface area contributed by atoms with Crippen molar-refractivity contribution in [2.45, 2.75) is 39.2 Å². The average Bonchev–Trinajstić information content (AvgIpc) is 3.21. The van der Waals surface area contributed by atoms with Crippen molar-refractivity contribution in [3.8, 4) is 0 Å². The van der Waals surface area contributed by atoms with Gasteiger partial charge in [0.15, 0.2) is 0 Å². The quantitative estimate of drug-likeness (QED) is 0.555. The van der Waals surface area contributed by atoms with Crippen LogP contribution in [-0.2, 0) is 20.0 Å². The third-order valence-corrected chi connectivity index (χ3v) is 4.47. The summed E-state index contributed by atoms with van der Waals surface area (Å²) in [7, 11) is 1.87. The molecule has 0 fully saturated rings. The molecular formula is C17H20N8. The monoisotopic (exact) mass is 336 g/mol. The molecular weight excluding hydrogens is 316 g/mol. The SMILES string of the molecule is CCc1ccc2nn(CCC(C)c3ccc4c(nnn4C)n3)nc2n1. The van der Waals surface area contributed by atoms with Crippen LogP contribution in [0.4, 0.5) is 0 Å². The summed E-state index contributed by atoms with van der Waals surface area (Å²) in [6, 6.07) is 8.05. The van der Waals surface area contributed by atoms with E-state index < -0.39 is 0 Å². The zero-order valence-electron chi connectivity index (χ0n) is 14.6. The van der Waals surface area contributed by atoms with Crippen LogP contribution in [0.3, 0.4) is 0 Å². The Morgan fingerprint density at radius 3 is 2.76 bits per heavy atom. The lowest BCUT2D eigenvalue weighted by Crippen LogP contribution is -2.07. The Morgan fingerprint density at radius 1 is 1.04 bits per heavy atom. The van der Waals surface area contributed by atoms with Crippen LogP contribution < -0.4 is 0 Å². The number of fused-ring (bicyclic) bond motifs is 2. The number of aryl methyl sites for hydroxylation is 3. The number of hydrogen-bond acceptors (Lipinski definition) is 6. The van der Waals surface area contributed by atoms with E-state index in [0.717, 1.165) is 41.8 Å². The molecule has 1 unspecified atom stereocenters. The van der Waals surface area contributed by atoms with Crippen molar-refractivity contribution < 1.29 is 0 Å². The minimum absolute atomic E-state index is 0.277. The van der Waals surface area contributed by atoms with Crippen LogP contribution in [-0.4, -0.2) is 40.0 Å². The highest BCUT2D eigenvalue weighted by atomic mass is 15.5. The first-order valence-corrected chi connectivity index (χ1v) is 8.51. The molecule has 0 aliphatic carbocycles. The predicted molar refractivity (Wildman–Crippen MR) is 94.0 cm³/mol. The Morgan fingerprint density at radius 2 is 1.92 bits per heavy atom. The van der Waals surface area contributed by atoms with Crippen LogP contribution in [0, 0.1) is 0 Å². The van der Waals surface area contributed by atoms with Crippen LogP contribution in [0.15, 0.2) is 24.3 Å². The molecule has 0 saturated carbocycles. The van der Waals surface area contributed by atoms with E-state index in [4.69, 9.17) is 0 Å². The Balaban J connectivity index is 1.49. The lowest BCUT2D eigenvalue weighted by Gasteiger charge is -2.10. The van der Waals surface area contributed by atoms with Gasteiger partial charge >= 0.3 is 0 Å². The van der Waals surface area contributed by atoms with Gasteiger partial charge in [-0.3, -0.25) is 0 Å². The summed E-state index contributed by atoms with van der Waals surface area (Å²) in [6.45, 7) is 4.96. The first-order valence-electron chi connectivity index (χ1n) is 8.51. The predicted octanol–water partition coefficient (Wildman–Crippen LogP) is 2.26. The molecule has 4 aromatic heterocycles. The molecule has 4 rings (SSSR count). The molecule has 8 heteroatoms. The standard InChI is InChI=1S/C17H20N8/c1-4-12-5-6-14-16(18-12)22-25(21-14)10-9-11(2)13-7-8-15-17(19-13)20-23-24(15)3/h5-8,11H,4,9-10H2,1-3H3. The van der Waals surface area contributed by atoms with Crippen LogP contribution >= 0.6 is 0 Å². The van der Waals surface area contributed by atoms with Crippen molar-refractivity contribution in [3.63, 3.8) is 0 Å². The highest BCUT2D eigenvalue weighted by Gasteiger charge is 2.12. The Labute approximate surface area is 144 Å². The molecule has 0 aliphatic rings. The van der Waals surface area contributed by atoms with E-state index in [0.29, 0.717) is 11.3 Å². The molecule has 1 atom stereocenters. The summed E-state index contributed by atoms with van der Waals surface area (Å²) in [4.78, 5) is 10.9. The molecule has 0 aliphatic heterocycles. The molecule has 0 radical (unpaired) electrons. The minimum atomic E-state index is 0.277. The first-order chi connectivity index (χ1) is 12.1. The van der Waals surface area contributed by atoms with E-state index in [1.54, 1.807) is 9.48 Å². The van der Waals surface area contributed by atoms with Gasteiger partial charge in [0, 0.05) is 24.4 Å². The zero-order valence-corrected chi connectivity index (χ0v) is 14.6. The third-order valence-electron chi connectivity index (χ3n) is 4.47. The third kappa shape index (κ3) is 2.95. The molecule has 0 bridgehead atoms. The maximum atomic E-state index is 4.62. The minimum Gasteiger partial charge on any atom is -0.246 e. The number of rotatable bonds is 5. The maximum absolute atomic E-state index is 4.62. The topological polar surface area (TPSA) is 87.2 Å². The van der Waals surface area contributed by atoms with Crippen molar-refractivity contribution in [3.05, 3.63) is 35.7 Å². The molecule has 4 heterocycles. The van der Waals surface area contributed by atoms with Crippen molar-refractivity contribution >= 4 is 22.3 Å². The summed E-state index contributed by atoms with van der Waals surface area (Å²) < 4.78 is 1.73. The van der Waals surface area contributed by atoms with Crippen LogP contribution in [0.1, 0.15) is 37.6 Å². The highest BCUT2D eigenvalue weighted by molar-refractivity contribution is 5.69. The summed E-state index contributed by atoms with van der Waals surface area (Å²) in [5, 5.41) is 17.1. The number of pyridine rings is 2. The fourth-order valence-electron chi connectivity index (χ4n) is 2.86. The molecule has 0 saturated heterocycles. The van der Waals surface area contributed by atoms with Gasteiger partial charge in [0.25, 0.3) is 0 Å². The van der Waals surface area contributed by atoms with Crippen LogP contribution in [0.25, 0.3) is 22.3 Å². The van der Waals surface area contributed by atoms with Crippen molar-refractivity contribution in [1.82, 2.24) is 40.0 Å². The zero-order chi connectivity index (χ0) is 17.4. The number of aromatic nitrogens is 8. The smallest absolute Gasteiger partial charge is 0.202 e. The highest BCUT2D eigenvalue weighted by Crippen LogP contribution is 2.20. The second-order valence-electron chi connectivity index (χ2n) is 6.28. The first kappa shape index (κ1) is 15.6. The normalized spacial score (nSPS) is 12.9. The van der Waals surface area contributed by atoms with Gasteiger partial charge in [-0.15, -0.1) is 10.2 Å². The average molecular weight is 336 g/mol. The molecule has 8 nitrogen and oxygen atoms in total. The van der Waals surface area contributed by atoms with Gasteiger partial charge in [-0.25, -0.2) is 14.6 Å². The fraction of sp³-hybridized carbons (Fsp3) is 0.412. The van der Waals surface area contributed by atoms with E-state index in [1.807, 2.05) is 31.3 Å². The number of nitrogens with zero attached hydrogens (tertiary/aromatic N) is 8. The van der Waals surface area contributed by atoms with Gasteiger partial charge in [0.2, 0.25) is 11.3 Å². The molecule has 25 heavy (non-hydrogen) atoms. The van der Waals surface area contributed by atoms with Crippen molar-refractivity contribution in [2.75, 3.05) is 0 Å². The summed E-state index contributed by atoms with van der Waals surface area (Å²) in [5.41, 5.74) is 5.22. The lowest BCUT2D eigenvalue weighted by atomic mass is 10.0. The lowest BCUT2D eigenvalue weighted by molar-refractivity contribution is 0.483. The van der Waals surface area contributed by atoms with Crippen LogP contribution in [0.2, 0.25) is 0 Å². The van der Waals surface area contributed by atoms with E-state index in [9.17, 15) is 0 Å². The molecule has 4 aromatic rings. The van der Waals surface area contributed by atoms with Gasteiger partial charge in [-0.05, 0) is 37.1 Å². The summed E-state index contributed by atoms with van der Waals surface area (Å²) in [6.07, 6.45) is 1.79. The largest absolute Gasteiger partial charge is 0.246 e. The van der Waals surface area contributed by atoms with Gasteiger partial charge in [0.1, 0.15) is 11.0 Å². The Bertz CT molecular complexity index is 1030. The van der Waals surface area contributed by atoms with E-state index in [2.05, 4.69) is 44.3 Å². The van der Waals surface area contributed by atoms with Gasteiger partial charge in [-0.1, -0.05) is 19.1 Å². The molecule has 0 N–H and O–H groups in total. The van der Waals surface area contributed by atoms with Crippen LogP contribution in [0.5, 0.6) is 0 Å². The van der Waals surface area contributed by atoms with Gasteiger partial charge < -0.3 is 0 Å². The molecule has 0 amide bonds. The van der Waals surface area contributed by atoms with E-state index in [1.165, 1.54) is 0 Å². The Kier molecular flexibility index (Phi) is 3.87. The summed E-state index contributed by atoms with van der Waals surface area (Å²) in [5.74, 6) is 0.277. The maximum Gasteiger partial charge on any atom is 0.202 e. The second-order valence-corrected chi connectivity index (χ2v) is 6.28. The number of hydrogen-bond donors (Lipinski definition) is 0. The van der Waals surface area contributed by atoms with Crippen molar-refractivity contribution in [1.29, 1.82) is 0 Å². The van der Waals surface area contributed by atoms with Gasteiger partial charge in [-0.2, -0.15) is 9.90 Å².